The highest BCUT2D eigenvalue weighted by molar-refractivity contribution is 5.75. The van der Waals surface area contributed by atoms with Crippen LogP contribution in [0.1, 0.15) is 26.2 Å². The van der Waals surface area contributed by atoms with Gasteiger partial charge in [-0.3, -0.25) is 4.79 Å². The maximum atomic E-state index is 13.1. The third-order valence-electron chi connectivity index (χ3n) is 2.21. The molecule has 94 valence electrons. The molecule has 4 heteroatoms. The topological polar surface area (TPSA) is 38.3 Å². The standard InChI is InChI=1S/C13H18FNO2/c1-2-9-15-13(16)8-5-10-17-12-7-4-3-6-11(12)14/h3-4,6-7H,2,5,8-10H2,1H3,(H,15,16). The highest BCUT2D eigenvalue weighted by Gasteiger charge is 2.03. The Bertz CT molecular complexity index is 355. The van der Waals surface area contributed by atoms with Gasteiger partial charge in [-0.2, -0.15) is 0 Å². The van der Waals surface area contributed by atoms with E-state index in [0.29, 0.717) is 26.0 Å². The Morgan fingerprint density at radius 3 is 2.88 bits per heavy atom. The first-order valence-corrected chi connectivity index (χ1v) is 5.88. The van der Waals surface area contributed by atoms with E-state index < -0.39 is 0 Å². The Morgan fingerprint density at radius 2 is 2.18 bits per heavy atom. The lowest BCUT2D eigenvalue weighted by Gasteiger charge is -2.07. The van der Waals surface area contributed by atoms with Gasteiger partial charge in [-0.1, -0.05) is 19.1 Å². The van der Waals surface area contributed by atoms with Crippen LogP contribution in [0.15, 0.2) is 24.3 Å². The summed E-state index contributed by atoms with van der Waals surface area (Å²) < 4.78 is 18.4. The second kappa shape index (κ2) is 7.65. The van der Waals surface area contributed by atoms with Crippen molar-refractivity contribution < 1.29 is 13.9 Å². The molecular weight excluding hydrogens is 221 g/mol. The molecule has 0 fully saturated rings. The zero-order valence-electron chi connectivity index (χ0n) is 10.0. The lowest BCUT2D eigenvalue weighted by Crippen LogP contribution is -2.24. The van der Waals surface area contributed by atoms with Crippen molar-refractivity contribution in [3.8, 4) is 5.75 Å². The SMILES string of the molecule is CCCNC(=O)CCCOc1ccccc1F. The third-order valence-corrected chi connectivity index (χ3v) is 2.21. The number of hydrogen-bond acceptors (Lipinski definition) is 2. The van der Waals surface area contributed by atoms with Gasteiger partial charge in [-0.15, -0.1) is 0 Å². The molecule has 0 aliphatic carbocycles. The van der Waals surface area contributed by atoms with Crippen LogP contribution >= 0.6 is 0 Å². The van der Waals surface area contributed by atoms with Gasteiger partial charge in [0.1, 0.15) is 0 Å². The van der Waals surface area contributed by atoms with Gasteiger partial charge in [0.15, 0.2) is 11.6 Å². The van der Waals surface area contributed by atoms with Crippen LogP contribution in [0.4, 0.5) is 4.39 Å². The number of nitrogens with one attached hydrogen (secondary N) is 1. The molecule has 1 aromatic rings. The monoisotopic (exact) mass is 239 g/mol. The fourth-order valence-corrected chi connectivity index (χ4v) is 1.33. The van der Waals surface area contributed by atoms with E-state index in [4.69, 9.17) is 4.74 Å². The summed E-state index contributed by atoms with van der Waals surface area (Å²) in [5, 5.41) is 2.77. The molecular formula is C13H18FNO2. The Balaban J connectivity index is 2.16. The summed E-state index contributed by atoms with van der Waals surface area (Å²) in [5.74, 6) is -0.117. The molecule has 0 aromatic heterocycles. The summed E-state index contributed by atoms with van der Waals surface area (Å²) in [4.78, 5) is 11.2. The van der Waals surface area contributed by atoms with Crippen molar-refractivity contribution in [1.29, 1.82) is 0 Å². The minimum absolute atomic E-state index is 0.0176. The molecule has 0 aliphatic rings. The average molecular weight is 239 g/mol. The predicted octanol–water partition coefficient (Wildman–Crippen LogP) is 2.51. The molecule has 3 nitrogen and oxygen atoms in total. The van der Waals surface area contributed by atoms with Crippen molar-refractivity contribution in [1.82, 2.24) is 5.32 Å². The lowest BCUT2D eigenvalue weighted by molar-refractivity contribution is -0.121. The van der Waals surface area contributed by atoms with E-state index in [1.54, 1.807) is 18.2 Å². The summed E-state index contributed by atoms with van der Waals surface area (Å²) >= 11 is 0. The number of amides is 1. The fraction of sp³-hybridized carbons (Fsp3) is 0.462. The number of rotatable bonds is 7. The van der Waals surface area contributed by atoms with Crippen LogP contribution in [-0.4, -0.2) is 19.1 Å². The zero-order valence-corrected chi connectivity index (χ0v) is 10.0. The Morgan fingerprint density at radius 1 is 1.41 bits per heavy atom. The molecule has 0 spiro atoms. The van der Waals surface area contributed by atoms with E-state index in [0.717, 1.165) is 6.42 Å². The van der Waals surface area contributed by atoms with Crippen LogP contribution in [0, 0.1) is 5.82 Å². The minimum Gasteiger partial charge on any atom is -0.491 e. The number of hydrogen-bond donors (Lipinski definition) is 1. The van der Waals surface area contributed by atoms with Gasteiger partial charge in [0.2, 0.25) is 5.91 Å². The molecule has 1 rings (SSSR count). The van der Waals surface area contributed by atoms with Crippen molar-refractivity contribution in [2.75, 3.05) is 13.2 Å². The van der Waals surface area contributed by atoms with Crippen molar-refractivity contribution in [2.45, 2.75) is 26.2 Å². The van der Waals surface area contributed by atoms with Gasteiger partial charge in [0.05, 0.1) is 6.61 Å². The molecule has 1 aromatic carbocycles. The molecule has 0 heterocycles. The van der Waals surface area contributed by atoms with Gasteiger partial charge in [-0.25, -0.2) is 4.39 Å². The van der Waals surface area contributed by atoms with Crippen molar-refractivity contribution in [2.24, 2.45) is 0 Å². The number of carbonyl (C=O) groups excluding carboxylic acids is 1. The Hall–Kier alpha value is -1.58. The number of carbonyl (C=O) groups is 1. The molecule has 1 amide bonds. The second-order valence-corrected chi connectivity index (χ2v) is 3.73. The molecule has 17 heavy (non-hydrogen) atoms. The first-order valence-electron chi connectivity index (χ1n) is 5.88. The van der Waals surface area contributed by atoms with Crippen molar-refractivity contribution >= 4 is 5.91 Å². The van der Waals surface area contributed by atoms with Crippen LogP contribution in [0.3, 0.4) is 0 Å². The molecule has 0 saturated heterocycles. The van der Waals surface area contributed by atoms with Crippen LogP contribution in [0.2, 0.25) is 0 Å². The maximum absolute atomic E-state index is 13.1. The number of ether oxygens (including phenoxy) is 1. The number of halogens is 1. The highest BCUT2D eigenvalue weighted by Crippen LogP contribution is 2.15. The van der Waals surface area contributed by atoms with Crippen LogP contribution in [-0.2, 0) is 4.79 Å². The fourth-order valence-electron chi connectivity index (χ4n) is 1.33. The van der Waals surface area contributed by atoms with Gasteiger partial charge in [0.25, 0.3) is 0 Å². The summed E-state index contributed by atoms with van der Waals surface area (Å²) in [6, 6.07) is 6.25. The molecule has 0 bridgehead atoms. The molecule has 0 saturated carbocycles. The van der Waals surface area contributed by atoms with E-state index >= 15 is 0 Å². The van der Waals surface area contributed by atoms with Gasteiger partial charge >= 0.3 is 0 Å². The summed E-state index contributed by atoms with van der Waals surface area (Å²) in [5.41, 5.74) is 0. The second-order valence-electron chi connectivity index (χ2n) is 3.73. The van der Waals surface area contributed by atoms with E-state index in [1.807, 2.05) is 6.92 Å². The molecule has 0 radical (unpaired) electrons. The molecule has 0 aliphatic heterocycles. The third kappa shape index (κ3) is 5.33. The minimum atomic E-state index is -0.372. The van der Waals surface area contributed by atoms with E-state index in [9.17, 15) is 9.18 Å². The normalized spacial score (nSPS) is 10.0. The average Bonchev–Trinajstić information content (AvgIpc) is 2.34. The molecule has 0 atom stereocenters. The van der Waals surface area contributed by atoms with Gasteiger partial charge in [-0.05, 0) is 25.0 Å². The van der Waals surface area contributed by atoms with E-state index in [1.165, 1.54) is 6.07 Å². The zero-order chi connectivity index (χ0) is 12.5. The van der Waals surface area contributed by atoms with Gasteiger partial charge < -0.3 is 10.1 Å². The summed E-state index contributed by atoms with van der Waals surface area (Å²) in [6.45, 7) is 3.05. The lowest BCUT2D eigenvalue weighted by atomic mass is 10.3. The van der Waals surface area contributed by atoms with Crippen molar-refractivity contribution in [3.63, 3.8) is 0 Å². The van der Waals surface area contributed by atoms with Gasteiger partial charge in [0, 0.05) is 13.0 Å². The number of para-hydroxylation sites is 1. The van der Waals surface area contributed by atoms with Crippen molar-refractivity contribution in [3.05, 3.63) is 30.1 Å². The molecule has 1 N–H and O–H groups in total. The summed E-state index contributed by atoms with van der Waals surface area (Å²) in [6.07, 6.45) is 1.93. The van der Waals surface area contributed by atoms with E-state index in [-0.39, 0.29) is 17.5 Å². The predicted molar refractivity (Wildman–Crippen MR) is 64.4 cm³/mol. The van der Waals surface area contributed by atoms with E-state index in [2.05, 4.69) is 5.32 Å². The van der Waals surface area contributed by atoms with Crippen LogP contribution in [0.5, 0.6) is 5.75 Å². The Kier molecular flexibility index (Phi) is 6.07. The Labute approximate surface area is 101 Å². The molecule has 0 unspecified atom stereocenters. The summed E-state index contributed by atoms with van der Waals surface area (Å²) in [7, 11) is 0. The highest BCUT2D eigenvalue weighted by atomic mass is 19.1. The number of benzene rings is 1. The first-order chi connectivity index (χ1) is 8.24. The quantitative estimate of drug-likeness (QED) is 0.742. The smallest absolute Gasteiger partial charge is 0.220 e. The first kappa shape index (κ1) is 13.5. The van der Waals surface area contributed by atoms with Crippen LogP contribution < -0.4 is 10.1 Å². The van der Waals surface area contributed by atoms with Crippen LogP contribution in [0.25, 0.3) is 0 Å². The largest absolute Gasteiger partial charge is 0.491 e. The maximum Gasteiger partial charge on any atom is 0.220 e.